The second-order valence-corrected chi connectivity index (χ2v) is 7.17. The average Bonchev–Trinajstić information content (AvgIpc) is 2.93. The van der Waals surface area contributed by atoms with Gasteiger partial charge in [-0.25, -0.2) is 4.90 Å². The van der Waals surface area contributed by atoms with Gasteiger partial charge in [-0.1, -0.05) is 29.8 Å². The lowest BCUT2D eigenvalue weighted by Crippen LogP contribution is -2.35. The number of hydrogen-bond donors (Lipinski definition) is 1. The van der Waals surface area contributed by atoms with Crippen molar-refractivity contribution in [2.45, 2.75) is 0 Å². The summed E-state index contributed by atoms with van der Waals surface area (Å²) >= 11 is 5.98. The fraction of sp³-hybridized carbons (Fsp3) is 0.238. The molecule has 6 nitrogen and oxygen atoms in total. The van der Waals surface area contributed by atoms with E-state index >= 15 is 0 Å². The van der Waals surface area contributed by atoms with Gasteiger partial charge in [0.1, 0.15) is 5.70 Å². The van der Waals surface area contributed by atoms with E-state index in [0.717, 1.165) is 5.69 Å². The van der Waals surface area contributed by atoms with Crippen LogP contribution in [0.1, 0.15) is 5.56 Å². The Bertz CT molecular complexity index is 938. The maximum atomic E-state index is 13.3. The van der Waals surface area contributed by atoms with Crippen LogP contribution >= 0.6 is 11.6 Å². The predicted molar refractivity (Wildman–Crippen MR) is 111 cm³/mol. The van der Waals surface area contributed by atoms with Crippen LogP contribution in [-0.2, 0) is 9.59 Å². The van der Waals surface area contributed by atoms with Crippen molar-refractivity contribution in [3.05, 3.63) is 64.8 Å². The molecule has 146 valence electrons. The van der Waals surface area contributed by atoms with E-state index in [1.807, 2.05) is 31.1 Å². The minimum absolute atomic E-state index is 0.133. The minimum Gasteiger partial charge on any atom is -0.395 e. The summed E-state index contributed by atoms with van der Waals surface area (Å²) in [5.74, 6) is -0.815. The van der Waals surface area contributed by atoms with Crippen LogP contribution in [0.3, 0.4) is 0 Å². The van der Waals surface area contributed by atoms with Crippen molar-refractivity contribution >= 4 is 40.4 Å². The highest BCUT2D eigenvalue weighted by molar-refractivity contribution is 6.45. The normalized spacial score (nSPS) is 14.1. The number of aliphatic hydroxyl groups is 1. The number of hydrogen-bond acceptors (Lipinski definition) is 5. The number of anilines is 2. The van der Waals surface area contributed by atoms with Crippen molar-refractivity contribution in [2.24, 2.45) is 0 Å². The summed E-state index contributed by atoms with van der Waals surface area (Å²) in [4.78, 5) is 31.3. The maximum absolute atomic E-state index is 13.3. The molecule has 0 fully saturated rings. The number of aliphatic hydroxyl groups excluding tert-OH is 1. The molecule has 2 aromatic rings. The van der Waals surface area contributed by atoms with Crippen LogP contribution in [0, 0.1) is 0 Å². The molecule has 7 heteroatoms. The van der Waals surface area contributed by atoms with Crippen LogP contribution in [0.25, 0.3) is 5.57 Å². The first-order chi connectivity index (χ1) is 13.3. The number of benzene rings is 2. The molecule has 0 aromatic heterocycles. The van der Waals surface area contributed by atoms with E-state index in [-0.39, 0.29) is 18.8 Å². The third-order valence-corrected chi connectivity index (χ3v) is 4.87. The summed E-state index contributed by atoms with van der Waals surface area (Å²) in [5.41, 5.74) is 2.54. The summed E-state index contributed by atoms with van der Waals surface area (Å²) in [6.07, 6.45) is 0. The zero-order chi connectivity index (χ0) is 20.4. The van der Waals surface area contributed by atoms with Gasteiger partial charge < -0.3 is 14.9 Å². The Hall–Kier alpha value is -2.83. The molecule has 1 heterocycles. The van der Waals surface area contributed by atoms with E-state index in [1.54, 1.807) is 48.3 Å². The lowest BCUT2D eigenvalue weighted by atomic mass is 10.0. The highest BCUT2D eigenvalue weighted by Crippen LogP contribution is 2.35. The van der Waals surface area contributed by atoms with Crippen molar-refractivity contribution < 1.29 is 14.7 Å². The molecule has 2 amide bonds. The second kappa shape index (κ2) is 8.04. The Kier molecular flexibility index (Phi) is 5.72. The van der Waals surface area contributed by atoms with Gasteiger partial charge in [-0.2, -0.15) is 0 Å². The molecule has 0 saturated heterocycles. The molecule has 0 aliphatic carbocycles. The maximum Gasteiger partial charge on any atom is 0.282 e. The Balaban J connectivity index is 2.11. The van der Waals surface area contributed by atoms with E-state index in [0.29, 0.717) is 21.8 Å². The summed E-state index contributed by atoms with van der Waals surface area (Å²) in [7, 11) is 5.47. The van der Waals surface area contributed by atoms with Gasteiger partial charge in [0.05, 0.1) is 17.9 Å². The molecule has 0 saturated carbocycles. The molecule has 0 bridgehead atoms. The van der Waals surface area contributed by atoms with Crippen LogP contribution in [0.15, 0.2) is 54.2 Å². The highest BCUT2D eigenvalue weighted by Gasteiger charge is 2.41. The van der Waals surface area contributed by atoms with Gasteiger partial charge in [-0.05, 0) is 35.9 Å². The number of nitrogens with zero attached hydrogens (tertiary/aromatic N) is 3. The third-order valence-electron chi connectivity index (χ3n) is 4.61. The third kappa shape index (κ3) is 3.61. The molecule has 2 aromatic carbocycles. The standard InChI is InChI=1S/C21H22ClN3O3/c1-23(2)16-5-4-6-17(13-16)25-20(27)18(14-7-9-15(22)10-8-14)19(21(25)28)24(3)11-12-26/h4-10,13,26H,11-12H2,1-3H3. The molecular weight excluding hydrogens is 378 g/mol. The molecule has 0 radical (unpaired) electrons. The molecule has 28 heavy (non-hydrogen) atoms. The topological polar surface area (TPSA) is 64.1 Å². The molecule has 0 atom stereocenters. The largest absolute Gasteiger partial charge is 0.395 e. The van der Waals surface area contributed by atoms with E-state index in [1.165, 1.54) is 4.90 Å². The number of likely N-dealkylation sites (N-methyl/N-ethyl adjacent to an activating group) is 1. The molecule has 0 spiro atoms. The number of carbonyl (C=O) groups excluding carboxylic acids is 2. The number of imide groups is 1. The summed E-state index contributed by atoms with van der Waals surface area (Å²) in [6, 6.07) is 14.0. The second-order valence-electron chi connectivity index (χ2n) is 6.74. The molecule has 0 unspecified atom stereocenters. The quantitative estimate of drug-likeness (QED) is 0.756. The van der Waals surface area contributed by atoms with Crippen molar-refractivity contribution in [1.29, 1.82) is 0 Å². The first-order valence-corrected chi connectivity index (χ1v) is 9.21. The summed E-state index contributed by atoms with van der Waals surface area (Å²) in [6.45, 7) is 0.0997. The lowest BCUT2D eigenvalue weighted by Gasteiger charge is -2.21. The van der Waals surface area contributed by atoms with Crippen molar-refractivity contribution in [3.63, 3.8) is 0 Å². The Labute approximate surface area is 169 Å². The van der Waals surface area contributed by atoms with Gasteiger partial charge in [0, 0.05) is 38.4 Å². The van der Waals surface area contributed by atoms with E-state index in [4.69, 9.17) is 11.6 Å². The van der Waals surface area contributed by atoms with Crippen molar-refractivity contribution in [3.8, 4) is 0 Å². The SMILES string of the molecule is CN(CCO)C1=C(c2ccc(Cl)cc2)C(=O)N(c2cccc(N(C)C)c2)C1=O. The Morgan fingerprint density at radius 2 is 1.68 bits per heavy atom. The number of amides is 2. The van der Waals surface area contributed by atoms with E-state index < -0.39 is 11.8 Å². The monoisotopic (exact) mass is 399 g/mol. The van der Waals surface area contributed by atoms with Crippen LogP contribution in [0.4, 0.5) is 11.4 Å². The number of carbonyl (C=O) groups is 2. The molecule has 1 aliphatic heterocycles. The Morgan fingerprint density at radius 1 is 1.00 bits per heavy atom. The zero-order valence-electron chi connectivity index (χ0n) is 16.0. The molecule has 3 rings (SSSR count). The summed E-state index contributed by atoms with van der Waals surface area (Å²) in [5, 5.41) is 9.87. The Morgan fingerprint density at radius 3 is 2.29 bits per heavy atom. The lowest BCUT2D eigenvalue weighted by molar-refractivity contribution is -0.120. The van der Waals surface area contributed by atoms with Crippen LogP contribution in [-0.4, -0.2) is 56.1 Å². The van der Waals surface area contributed by atoms with Gasteiger partial charge in [-0.3, -0.25) is 9.59 Å². The van der Waals surface area contributed by atoms with Crippen LogP contribution < -0.4 is 9.80 Å². The molecule has 1 aliphatic rings. The van der Waals surface area contributed by atoms with Crippen molar-refractivity contribution in [1.82, 2.24) is 4.90 Å². The van der Waals surface area contributed by atoms with Gasteiger partial charge in [0.15, 0.2) is 0 Å². The average molecular weight is 400 g/mol. The van der Waals surface area contributed by atoms with E-state index in [2.05, 4.69) is 0 Å². The van der Waals surface area contributed by atoms with Crippen molar-refractivity contribution in [2.75, 3.05) is 44.1 Å². The van der Waals surface area contributed by atoms with Gasteiger partial charge in [-0.15, -0.1) is 0 Å². The summed E-state index contributed by atoms with van der Waals surface area (Å²) < 4.78 is 0. The molecule has 1 N–H and O–H groups in total. The van der Waals surface area contributed by atoms with E-state index in [9.17, 15) is 14.7 Å². The molecular formula is C21H22ClN3O3. The van der Waals surface area contributed by atoms with Gasteiger partial charge >= 0.3 is 0 Å². The van der Waals surface area contributed by atoms with Crippen LogP contribution in [0.2, 0.25) is 5.02 Å². The first kappa shape index (κ1) is 19.9. The van der Waals surface area contributed by atoms with Gasteiger partial charge in [0.2, 0.25) is 0 Å². The fourth-order valence-corrected chi connectivity index (χ4v) is 3.28. The number of halogens is 1. The van der Waals surface area contributed by atoms with Crippen LogP contribution in [0.5, 0.6) is 0 Å². The zero-order valence-corrected chi connectivity index (χ0v) is 16.8. The first-order valence-electron chi connectivity index (χ1n) is 8.83. The minimum atomic E-state index is -0.415. The smallest absolute Gasteiger partial charge is 0.282 e. The number of rotatable bonds is 6. The fourth-order valence-electron chi connectivity index (χ4n) is 3.16. The van der Waals surface area contributed by atoms with Gasteiger partial charge in [0.25, 0.3) is 11.8 Å². The predicted octanol–water partition coefficient (Wildman–Crippen LogP) is 2.61. The highest BCUT2D eigenvalue weighted by atomic mass is 35.5.